The smallest absolute Gasteiger partial charge is 0.323 e. The Balaban J connectivity index is 3.92. The summed E-state index contributed by atoms with van der Waals surface area (Å²) in [5.74, 6) is -0.992. The molecule has 2 atom stereocenters. The van der Waals surface area contributed by atoms with E-state index in [-0.39, 0.29) is 5.92 Å². The highest BCUT2D eigenvalue weighted by molar-refractivity contribution is 5.73. The van der Waals surface area contributed by atoms with Crippen molar-refractivity contribution in [3.05, 3.63) is 0 Å². The molecule has 5 heteroatoms. The van der Waals surface area contributed by atoms with Crippen LogP contribution in [0.4, 0.5) is 0 Å². The van der Waals surface area contributed by atoms with Crippen molar-refractivity contribution >= 4 is 5.97 Å². The van der Waals surface area contributed by atoms with Gasteiger partial charge in [-0.15, -0.1) is 0 Å². The minimum absolute atomic E-state index is 0.0820. The molecule has 0 radical (unpaired) electrons. The van der Waals surface area contributed by atoms with Gasteiger partial charge < -0.3 is 16.0 Å². The monoisotopic (exact) mass is 597 g/mol. The van der Waals surface area contributed by atoms with Gasteiger partial charge in [0.2, 0.25) is 0 Å². The van der Waals surface area contributed by atoms with Crippen LogP contribution in [0, 0.1) is 5.92 Å². The van der Waals surface area contributed by atoms with Crippen molar-refractivity contribution in [2.45, 2.75) is 213 Å². The van der Waals surface area contributed by atoms with Crippen LogP contribution in [0.15, 0.2) is 0 Å². The molecule has 42 heavy (non-hydrogen) atoms. The van der Waals surface area contributed by atoms with Gasteiger partial charge in [-0.25, -0.2) is 0 Å². The third-order valence-corrected chi connectivity index (χ3v) is 9.23. The molecule has 2 unspecified atom stereocenters. The van der Waals surface area contributed by atoms with Crippen molar-refractivity contribution < 1.29 is 15.1 Å². The van der Waals surface area contributed by atoms with Gasteiger partial charge >= 0.3 is 5.97 Å². The summed E-state index contributed by atoms with van der Waals surface area (Å²) in [4.78, 5) is 12.1. The van der Waals surface area contributed by atoms with E-state index in [1.54, 1.807) is 0 Å². The Morgan fingerprint density at radius 2 is 0.833 bits per heavy atom. The molecule has 4 N–H and O–H groups in total. The molecule has 252 valence electrons. The molecular formula is C37H76N2O3. The first-order valence-electron chi connectivity index (χ1n) is 19.0. The highest BCUT2D eigenvalue weighted by atomic mass is 16.5. The maximum absolute atomic E-state index is 12.1. The van der Waals surface area contributed by atoms with Gasteiger partial charge in [0.05, 0.1) is 0 Å². The number of nitrogens with two attached hydrogens (primary N) is 1. The van der Waals surface area contributed by atoms with Crippen LogP contribution in [0.1, 0.15) is 206 Å². The Labute approximate surface area is 263 Å². The number of aliphatic carboxylic acids is 1. The van der Waals surface area contributed by atoms with Crippen molar-refractivity contribution in [2.24, 2.45) is 11.7 Å². The fraction of sp³-hybridized carbons (Fsp3) is 0.973. The van der Waals surface area contributed by atoms with E-state index in [9.17, 15) is 15.1 Å². The molecule has 5 nitrogen and oxygen atoms in total. The molecule has 0 aliphatic rings. The average molecular weight is 597 g/mol. The Bertz CT molecular complexity index is 545. The van der Waals surface area contributed by atoms with E-state index < -0.39 is 12.0 Å². The number of carbonyl (C=O) groups is 1. The molecule has 0 aromatic rings. The van der Waals surface area contributed by atoms with Gasteiger partial charge in [-0.2, -0.15) is 5.06 Å². The van der Waals surface area contributed by atoms with Crippen LogP contribution in [-0.2, 0) is 4.79 Å². The number of nitrogens with zero attached hydrogens (tertiary/aromatic N) is 1. The van der Waals surface area contributed by atoms with Crippen LogP contribution in [0.5, 0.6) is 0 Å². The van der Waals surface area contributed by atoms with Gasteiger partial charge in [-0.05, 0) is 31.7 Å². The lowest BCUT2D eigenvalue weighted by atomic mass is 9.89. The summed E-state index contributed by atoms with van der Waals surface area (Å²) in [6, 6.07) is -0.836. The number of carboxylic acid groups (broad SMARTS) is 1. The zero-order valence-electron chi connectivity index (χ0n) is 28.6. The number of hydrogen-bond donors (Lipinski definition) is 3. The van der Waals surface area contributed by atoms with Gasteiger partial charge in [0.15, 0.2) is 0 Å². The highest BCUT2D eigenvalue weighted by Gasteiger charge is 2.32. The molecule has 0 saturated heterocycles. The molecule has 0 aromatic heterocycles. The van der Waals surface area contributed by atoms with Crippen LogP contribution in [0.2, 0.25) is 0 Å². The molecule has 0 amide bonds. The van der Waals surface area contributed by atoms with Gasteiger partial charge in [0.1, 0.15) is 6.04 Å². The van der Waals surface area contributed by atoms with Crippen molar-refractivity contribution in [3.63, 3.8) is 0 Å². The molecule has 0 rings (SSSR count). The second-order valence-electron chi connectivity index (χ2n) is 13.3. The van der Waals surface area contributed by atoms with E-state index in [0.29, 0.717) is 19.5 Å². The Morgan fingerprint density at radius 3 is 1.14 bits per heavy atom. The van der Waals surface area contributed by atoms with Crippen LogP contribution < -0.4 is 5.73 Å². The van der Waals surface area contributed by atoms with Gasteiger partial charge in [0.25, 0.3) is 0 Å². The van der Waals surface area contributed by atoms with Crippen LogP contribution in [-0.4, -0.2) is 40.5 Å². The number of rotatable bonds is 35. The Hall–Kier alpha value is -0.650. The average Bonchev–Trinajstić information content (AvgIpc) is 2.97. The number of carboxylic acids is 1. The van der Waals surface area contributed by atoms with Crippen LogP contribution in [0.25, 0.3) is 0 Å². The third-order valence-electron chi connectivity index (χ3n) is 9.23. The molecule has 0 fully saturated rings. The number of hydroxylamine groups is 2. The van der Waals surface area contributed by atoms with Gasteiger partial charge in [-0.1, -0.05) is 187 Å². The normalized spacial score (nSPS) is 13.2. The molecule has 0 heterocycles. The molecular weight excluding hydrogens is 520 g/mol. The maximum atomic E-state index is 12.1. The van der Waals surface area contributed by atoms with E-state index in [2.05, 4.69) is 13.8 Å². The summed E-state index contributed by atoms with van der Waals surface area (Å²) in [6.07, 6.45) is 38.0. The molecule has 0 aromatic carbocycles. The Morgan fingerprint density at radius 1 is 0.524 bits per heavy atom. The summed E-state index contributed by atoms with van der Waals surface area (Å²) in [5.41, 5.74) is 5.86. The first-order chi connectivity index (χ1) is 20.6. The maximum Gasteiger partial charge on any atom is 0.323 e. The lowest BCUT2D eigenvalue weighted by Crippen LogP contribution is -2.45. The lowest BCUT2D eigenvalue weighted by Gasteiger charge is -2.30. The zero-order chi connectivity index (χ0) is 30.9. The Kier molecular flexibility index (Phi) is 32.7. The van der Waals surface area contributed by atoms with Crippen LogP contribution >= 0.6 is 0 Å². The van der Waals surface area contributed by atoms with E-state index in [4.69, 9.17) is 5.73 Å². The quantitative estimate of drug-likeness (QED) is 0.0500. The zero-order valence-corrected chi connectivity index (χ0v) is 28.6. The minimum Gasteiger partial charge on any atom is -0.480 e. The predicted molar refractivity (Wildman–Crippen MR) is 182 cm³/mol. The van der Waals surface area contributed by atoms with Crippen molar-refractivity contribution in [1.82, 2.24) is 5.06 Å². The number of unbranched alkanes of at least 4 members (excludes halogenated alkanes) is 26. The van der Waals surface area contributed by atoms with Gasteiger partial charge in [-0.3, -0.25) is 4.79 Å². The fourth-order valence-corrected chi connectivity index (χ4v) is 6.46. The summed E-state index contributed by atoms with van der Waals surface area (Å²) >= 11 is 0. The van der Waals surface area contributed by atoms with Gasteiger partial charge in [0, 0.05) is 6.54 Å². The number of hydrogen-bond acceptors (Lipinski definition) is 4. The van der Waals surface area contributed by atoms with E-state index in [0.717, 1.165) is 37.2 Å². The van der Waals surface area contributed by atoms with Crippen molar-refractivity contribution in [1.29, 1.82) is 0 Å². The predicted octanol–water partition coefficient (Wildman–Crippen LogP) is 11.4. The van der Waals surface area contributed by atoms with Crippen LogP contribution in [0.3, 0.4) is 0 Å². The highest BCUT2D eigenvalue weighted by Crippen LogP contribution is 2.23. The van der Waals surface area contributed by atoms with Crippen molar-refractivity contribution in [3.8, 4) is 0 Å². The lowest BCUT2D eigenvalue weighted by molar-refractivity contribution is -0.178. The standard InChI is InChI=1S/C37H76N2O3/c1-3-5-7-9-11-13-15-17-19-21-23-25-27-29-31-35(32-33-38)36(37(40)41)39(42)34-30-28-26-24-22-20-18-16-14-12-10-8-6-4-2/h35-36,42H,3-34,38H2,1-2H3,(H,40,41). The first kappa shape index (κ1) is 41.4. The SMILES string of the molecule is CCCCCCCCCCCCCCCCC(CCN)C(C(=O)O)N(O)CCCCCCCCCCCCCCCC. The third kappa shape index (κ3) is 26.9. The van der Waals surface area contributed by atoms with Crippen molar-refractivity contribution in [2.75, 3.05) is 13.1 Å². The van der Waals surface area contributed by atoms with E-state index in [1.807, 2.05) is 0 Å². The second-order valence-corrected chi connectivity index (χ2v) is 13.3. The topological polar surface area (TPSA) is 86.8 Å². The summed E-state index contributed by atoms with van der Waals surface area (Å²) in [5, 5.41) is 21.7. The molecule has 0 aliphatic carbocycles. The van der Waals surface area contributed by atoms with E-state index >= 15 is 0 Å². The minimum atomic E-state index is -0.910. The largest absolute Gasteiger partial charge is 0.480 e. The summed E-state index contributed by atoms with van der Waals surface area (Å²) in [6.45, 7) is 5.46. The molecule has 0 aliphatic heterocycles. The second kappa shape index (κ2) is 33.2. The van der Waals surface area contributed by atoms with E-state index in [1.165, 1.54) is 154 Å². The molecule has 0 spiro atoms. The summed E-state index contributed by atoms with van der Waals surface area (Å²) < 4.78 is 0. The molecule has 0 bridgehead atoms. The fourth-order valence-electron chi connectivity index (χ4n) is 6.46. The molecule has 0 saturated carbocycles. The summed E-state index contributed by atoms with van der Waals surface area (Å²) in [7, 11) is 0. The first-order valence-corrected chi connectivity index (χ1v) is 19.0.